The van der Waals surface area contributed by atoms with Crippen molar-refractivity contribution >= 4 is 0 Å². The Morgan fingerprint density at radius 2 is 1.54 bits per heavy atom. The molecule has 0 heterocycles. The van der Waals surface area contributed by atoms with Gasteiger partial charge in [-0.05, 0) is 90.7 Å². The van der Waals surface area contributed by atoms with Crippen LogP contribution >= 0.6 is 0 Å². The number of rotatable bonds is 11. The molecule has 3 aromatic carbocycles. The van der Waals surface area contributed by atoms with Gasteiger partial charge in [0.1, 0.15) is 12.4 Å². The maximum Gasteiger partial charge on any atom is 0.165 e. The molecule has 1 unspecified atom stereocenters. The first-order valence-corrected chi connectivity index (χ1v) is 15.4. The van der Waals surface area contributed by atoms with Gasteiger partial charge in [0, 0.05) is 5.56 Å². The highest BCUT2D eigenvalue weighted by atomic mass is 19.1. The molecule has 0 saturated heterocycles. The van der Waals surface area contributed by atoms with Crippen molar-refractivity contribution in [1.82, 2.24) is 0 Å². The molecular weight excluding hydrogens is 486 g/mol. The summed E-state index contributed by atoms with van der Waals surface area (Å²) in [6, 6.07) is 20.0. The fourth-order valence-electron chi connectivity index (χ4n) is 7.13. The standard InChI is InChI=1S/C36H44F2O/c1-2-3-4-5-7-10-26-13-14-29-22-30(16-15-28(29)21-26)31-17-19-33(34(37)23-31)32-18-20-36(35(38)24-32)39-25-27-11-8-6-9-12-27/h6,8-9,11-12,17-20,23-24,26,28-30H,2-5,7,10,13-16,21-22,25H2,1H3/t26?,28-,29-,30-/m1/s1. The quantitative estimate of drug-likeness (QED) is 0.224. The van der Waals surface area contributed by atoms with Gasteiger partial charge in [0.05, 0.1) is 0 Å². The summed E-state index contributed by atoms with van der Waals surface area (Å²) in [5.74, 6) is 2.47. The Morgan fingerprint density at radius 1 is 0.744 bits per heavy atom. The molecule has 4 atom stereocenters. The zero-order valence-corrected chi connectivity index (χ0v) is 23.5. The lowest BCUT2D eigenvalue weighted by Crippen LogP contribution is -2.30. The molecule has 0 N–H and O–H groups in total. The molecule has 3 heteroatoms. The SMILES string of the molecule is CCCCCCCC1CC[C@@H]2C[C@H](c3ccc(-c4ccc(OCc5ccccc5)c(F)c4)c(F)c3)CC[C@@H]2C1. The van der Waals surface area contributed by atoms with Crippen LogP contribution in [0.5, 0.6) is 5.75 Å². The topological polar surface area (TPSA) is 9.23 Å². The summed E-state index contributed by atoms with van der Waals surface area (Å²) in [4.78, 5) is 0. The Morgan fingerprint density at radius 3 is 2.33 bits per heavy atom. The lowest BCUT2D eigenvalue weighted by molar-refractivity contribution is 0.113. The van der Waals surface area contributed by atoms with E-state index in [9.17, 15) is 4.39 Å². The van der Waals surface area contributed by atoms with Gasteiger partial charge in [-0.15, -0.1) is 0 Å². The van der Waals surface area contributed by atoms with Crippen molar-refractivity contribution in [3.8, 4) is 16.9 Å². The fourth-order valence-corrected chi connectivity index (χ4v) is 7.13. The zero-order chi connectivity index (χ0) is 27.0. The molecule has 1 nitrogen and oxygen atoms in total. The maximum absolute atomic E-state index is 15.3. The van der Waals surface area contributed by atoms with Crippen LogP contribution in [0.1, 0.15) is 101 Å². The van der Waals surface area contributed by atoms with E-state index in [1.54, 1.807) is 18.2 Å². The summed E-state index contributed by atoms with van der Waals surface area (Å²) in [5, 5.41) is 0. The molecule has 0 amide bonds. The second-order valence-electron chi connectivity index (χ2n) is 12.1. The van der Waals surface area contributed by atoms with Crippen molar-refractivity contribution < 1.29 is 13.5 Å². The monoisotopic (exact) mass is 530 g/mol. The van der Waals surface area contributed by atoms with Crippen LogP contribution in [0.4, 0.5) is 8.78 Å². The van der Waals surface area contributed by atoms with Gasteiger partial charge in [-0.3, -0.25) is 0 Å². The third-order valence-electron chi connectivity index (χ3n) is 9.38. The van der Waals surface area contributed by atoms with E-state index in [1.165, 1.54) is 76.7 Å². The summed E-state index contributed by atoms with van der Waals surface area (Å²) >= 11 is 0. The van der Waals surface area contributed by atoms with Gasteiger partial charge in [-0.2, -0.15) is 0 Å². The number of hydrogen-bond acceptors (Lipinski definition) is 1. The second kappa shape index (κ2) is 13.6. The van der Waals surface area contributed by atoms with E-state index in [0.29, 0.717) is 23.7 Å². The average Bonchev–Trinajstić information content (AvgIpc) is 2.96. The van der Waals surface area contributed by atoms with Gasteiger partial charge < -0.3 is 4.74 Å². The molecule has 39 heavy (non-hydrogen) atoms. The van der Waals surface area contributed by atoms with Gasteiger partial charge in [-0.1, -0.05) is 100 Å². The third kappa shape index (κ3) is 7.29. The number of hydrogen-bond donors (Lipinski definition) is 0. The largest absolute Gasteiger partial charge is 0.486 e. The summed E-state index contributed by atoms with van der Waals surface area (Å²) in [7, 11) is 0. The van der Waals surface area contributed by atoms with E-state index in [2.05, 4.69) is 13.0 Å². The zero-order valence-electron chi connectivity index (χ0n) is 23.5. The number of benzene rings is 3. The molecule has 5 rings (SSSR count). The molecule has 2 aliphatic carbocycles. The predicted molar refractivity (Wildman–Crippen MR) is 157 cm³/mol. The minimum Gasteiger partial charge on any atom is -0.486 e. The smallest absolute Gasteiger partial charge is 0.165 e. The van der Waals surface area contributed by atoms with Crippen molar-refractivity contribution in [2.45, 2.75) is 96.5 Å². The van der Waals surface area contributed by atoms with Crippen molar-refractivity contribution in [1.29, 1.82) is 0 Å². The van der Waals surface area contributed by atoms with Crippen LogP contribution in [0.25, 0.3) is 11.1 Å². The molecule has 2 aliphatic rings. The summed E-state index contributed by atoms with van der Waals surface area (Å²) in [5.41, 5.74) is 3.07. The highest BCUT2D eigenvalue weighted by Crippen LogP contribution is 2.48. The van der Waals surface area contributed by atoms with Gasteiger partial charge in [0.2, 0.25) is 0 Å². The van der Waals surface area contributed by atoms with Crippen LogP contribution in [-0.4, -0.2) is 0 Å². The maximum atomic E-state index is 15.3. The normalized spacial score (nSPS) is 22.8. The van der Waals surface area contributed by atoms with Gasteiger partial charge in [-0.25, -0.2) is 8.78 Å². The van der Waals surface area contributed by atoms with Crippen molar-refractivity contribution in [2.75, 3.05) is 0 Å². The third-order valence-corrected chi connectivity index (χ3v) is 9.38. The molecule has 3 aromatic rings. The van der Waals surface area contributed by atoms with E-state index in [4.69, 9.17) is 4.74 Å². The number of ether oxygens (including phenoxy) is 1. The van der Waals surface area contributed by atoms with Crippen molar-refractivity contribution in [2.24, 2.45) is 17.8 Å². The molecule has 0 aliphatic heterocycles. The van der Waals surface area contributed by atoms with Crippen LogP contribution in [-0.2, 0) is 6.61 Å². The Kier molecular flexibility index (Phi) is 9.71. The van der Waals surface area contributed by atoms with E-state index in [1.807, 2.05) is 36.4 Å². The first-order chi connectivity index (χ1) is 19.1. The minimum absolute atomic E-state index is 0.183. The van der Waals surface area contributed by atoms with Crippen molar-refractivity contribution in [3.05, 3.63) is 89.5 Å². The first-order valence-electron chi connectivity index (χ1n) is 15.4. The van der Waals surface area contributed by atoms with E-state index < -0.39 is 5.82 Å². The van der Waals surface area contributed by atoms with Crippen LogP contribution < -0.4 is 4.74 Å². The van der Waals surface area contributed by atoms with E-state index in [0.717, 1.165) is 35.3 Å². The Balaban J connectivity index is 1.16. The van der Waals surface area contributed by atoms with Crippen LogP contribution in [0.2, 0.25) is 0 Å². The Hall–Kier alpha value is -2.68. The second-order valence-corrected chi connectivity index (χ2v) is 12.1. The average molecular weight is 531 g/mol. The minimum atomic E-state index is -0.471. The lowest BCUT2D eigenvalue weighted by atomic mass is 9.63. The predicted octanol–water partition coefficient (Wildman–Crippen LogP) is 10.9. The molecule has 0 aromatic heterocycles. The van der Waals surface area contributed by atoms with Crippen LogP contribution in [0.3, 0.4) is 0 Å². The highest BCUT2D eigenvalue weighted by Gasteiger charge is 2.36. The summed E-state index contributed by atoms with van der Waals surface area (Å²) in [6.07, 6.45) is 16.1. The molecule has 2 fully saturated rings. The molecule has 208 valence electrons. The Labute approximate surface area is 234 Å². The number of fused-ring (bicyclic) bond motifs is 1. The van der Waals surface area contributed by atoms with Gasteiger partial charge in [0.15, 0.2) is 11.6 Å². The van der Waals surface area contributed by atoms with E-state index in [-0.39, 0.29) is 11.6 Å². The lowest BCUT2D eigenvalue weighted by Gasteiger charge is -2.42. The first kappa shape index (κ1) is 27.9. The summed E-state index contributed by atoms with van der Waals surface area (Å²) < 4.78 is 35.8. The van der Waals surface area contributed by atoms with Gasteiger partial charge >= 0.3 is 0 Å². The molecular formula is C36H44F2O. The van der Waals surface area contributed by atoms with Crippen LogP contribution in [0.15, 0.2) is 66.7 Å². The van der Waals surface area contributed by atoms with Crippen LogP contribution in [0, 0.1) is 29.4 Å². The van der Waals surface area contributed by atoms with Gasteiger partial charge in [0.25, 0.3) is 0 Å². The number of halogens is 2. The molecule has 0 radical (unpaired) electrons. The summed E-state index contributed by atoms with van der Waals surface area (Å²) in [6.45, 7) is 2.58. The molecule has 0 bridgehead atoms. The fraction of sp³-hybridized carbons (Fsp3) is 0.500. The molecule has 2 saturated carbocycles. The number of unbranched alkanes of at least 4 members (excludes halogenated alkanes) is 4. The van der Waals surface area contributed by atoms with E-state index >= 15 is 4.39 Å². The highest BCUT2D eigenvalue weighted by molar-refractivity contribution is 5.65. The Bertz CT molecular complexity index is 1190. The molecule has 0 spiro atoms. The van der Waals surface area contributed by atoms with Crippen molar-refractivity contribution in [3.63, 3.8) is 0 Å².